The van der Waals surface area contributed by atoms with Gasteiger partial charge in [0.15, 0.2) is 5.78 Å². The Labute approximate surface area is 153 Å². The molecular weight excluding hydrogens is 364 g/mol. The molecule has 0 aromatic heterocycles. The molecule has 0 amide bonds. The van der Waals surface area contributed by atoms with Crippen molar-refractivity contribution in [2.24, 2.45) is 34.5 Å². The summed E-state index contributed by atoms with van der Waals surface area (Å²) in [5.41, 5.74) is 2.23. The number of ketones is 2. The molecule has 3 heteroatoms. The Morgan fingerprint density at radius 1 is 1.12 bits per heavy atom. The zero-order valence-corrected chi connectivity index (χ0v) is 16.5. The van der Waals surface area contributed by atoms with Crippen molar-refractivity contribution in [3.63, 3.8) is 0 Å². The standard InChI is InChI=1S/C21H27BrO2/c1-11-9-13-14-5-6-17(24)20(14,3)8-7-15(13)21(4)12(2)10-16(23)19(22)18(11)21/h12-15H,1,5-10H2,2-4H3/t12?,13-,14-,15+,20-,21+/m0/s1. The Kier molecular flexibility index (Phi) is 3.60. The molecule has 0 N–H and O–H groups in total. The van der Waals surface area contributed by atoms with Crippen LogP contribution in [0.15, 0.2) is 22.2 Å². The van der Waals surface area contributed by atoms with Crippen LogP contribution in [-0.2, 0) is 9.59 Å². The van der Waals surface area contributed by atoms with E-state index in [9.17, 15) is 9.59 Å². The molecular formula is C21H27BrO2. The fraction of sp³-hybridized carbons (Fsp3) is 0.714. The van der Waals surface area contributed by atoms with Crippen molar-refractivity contribution in [2.75, 3.05) is 0 Å². The van der Waals surface area contributed by atoms with Crippen LogP contribution in [0.3, 0.4) is 0 Å². The maximum Gasteiger partial charge on any atom is 0.170 e. The minimum Gasteiger partial charge on any atom is -0.299 e. The molecule has 3 saturated carbocycles. The van der Waals surface area contributed by atoms with Gasteiger partial charge >= 0.3 is 0 Å². The summed E-state index contributed by atoms with van der Waals surface area (Å²) in [5, 5.41) is 0. The van der Waals surface area contributed by atoms with Crippen molar-refractivity contribution >= 4 is 27.5 Å². The Hall–Kier alpha value is -0.700. The van der Waals surface area contributed by atoms with Gasteiger partial charge in [-0.1, -0.05) is 27.4 Å². The van der Waals surface area contributed by atoms with Crippen LogP contribution in [0.1, 0.15) is 59.3 Å². The molecule has 130 valence electrons. The van der Waals surface area contributed by atoms with Gasteiger partial charge in [-0.25, -0.2) is 0 Å². The number of carbonyl (C=O) groups excluding carboxylic acids is 2. The number of hydrogen-bond acceptors (Lipinski definition) is 2. The quantitative estimate of drug-likeness (QED) is 0.567. The SMILES string of the molecule is C=C1C[C@@H]2[C@@H](CC[C@]3(C)C(=O)CC[C@@H]23)[C@]2(C)C1=C(Br)C(=O)CC2C. The van der Waals surface area contributed by atoms with E-state index in [0.717, 1.165) is 42.2 Å². The normalized spacial score (nSPS) is 48.2. The lowest BCUT2D eigenvalue weighted by Crippen LogP contribution is -2.53. The van der Waals surface area contributed by atoms with E-state index in [2.05, 4.69) is 43.3 Å². The molecule has 0 aliphatic heterocycles. The number of allylic oxidation sites excluding steroid dienone is 2. The van der Waals surface area contributed by atoms with Crippen LogP contribution in [0.25, 0.3) is 0 Å². The summed E-state index contributed by atoms with van der Waals surface area (Å²) >= 11 is 3.61. The van der Waals surface area contributed by atoms with Crippen molar-refractivity contribution in [3.8, 4) is 0 Å². The highest BCUT2D eigenvalue weighted by Gasteiger charge is 2.61. The number of carbonyl (C=O) groups is 2. The van der Waals surface area contributed by atoms with Gasteiger partial charge in [0.05, 0.1) is 4.48 Å². The Morgan fingerprint density at radius 3 is 2.54 bits per heavy atom. The number of Topliss-reactive ketones (excluding diaryl/α,β-unsaturated/α-hetero) is 2. The molecule has 4 aliphatic carbocycles. The molecule has 0 bridgehead atoms. The van der Waals surface area contributed by atoms with Crippen molar-refractivity contribution < 1.29 is 9.59 Å². The first-order valence-corrected chi connectivity index (χ1v) is 10.2. The van der Waals surface area contributed by atoms with Crippen molar-refractivity contribution in [2.45, 2.75) is 59.3 Å². The zero-order valence-electron chi connectivity index (χ0n) is 15.0. The molecule has 6 atom stereocenters. The molecule has 0 aromatic rings. The van der Waals surface area contributed by atoms with E-state index in [4.69, 9.17) is 0 Å². The topological polar surface area (TPSA) is 34.1 Å². The van der Waals surface area contributed by atoms with Gasteiger partial charge in [0.2, 0.25) is 0 Å². The highest BCUT2D eigenvalue weighted by Crippen LogP contribution is 2.67. The maximum atomic E-state index is 12.5. The van der Waals surface area contributed by atoms with Gasteiger partial charge in [-0.05, 0) is 76.4 Å². The third kappa shape index (κ3) is 1.88. The first kappa shape index (κ1) is 16.8. The average Bonchev–Trinajstić information content (AvgIpc) is 2.81. The molecule has 0 radical (unpaired) electrons. The predicted molar refractivity (Wildman–Crippen MR) is 98.7 cm³/mol. The van der Waals surface area contributed by atoms with Crippen molar-refractivity contribution in [1.82, 2.24) is 0 Å². The molecule has 3 fully saturated rings. The molecule has 24 heavy (non-hydrogen) atoms. The zero-order chi connectivity index (χ0) is 17.4. The van der Waals surface area contributed by atoms with Gasteiger partial charge in [0.25, 0.3) is 0 Å². The lowest BCUT2D eigenvalue weighted by molar-refractivity contribution is -0.132. The van der Waals surface area contributed by atoms with Gasteiger partial charge in [-0.2, -0.15) is 0 Å². The van der Waals surface area contributed by atoms with Crippen LogP contribution < -0.4 is 0 Å². The van der Waals surface area contributed by atoms with Gasteiger partial charge in [-0.3, -0.25) is 9.59 Å². The van der Waals surface area contributed by atoms with Crippen LogP contribution in [-0.4, -0.2) is 11.6 Å². The van der Waals surface area contributed by atoms with E-state index in [0.29, 0.717) is 35.9 Å². The minimum atomic E-state index is -0.107. The fourth-order valence-corrected chi connectivity index (χ4v) is 7.63. The second-order valence-electron chi connectivity index (χ2n) is 9.10. The molecule has 4 rings (SSSR count). The Morgan fingerprint density at radius 2 is 1.83 bits per heavy atom. The fourth-order valence-electron chi connectivity index (χ4n) is 6.76. The third-order valence-electron chi connectivity index (χ3n) is 8.27. The van der Waals surface area contributed by atoms with Crippen molar-refractivity contribution in [3.05, 3.63) is 22.2 Å². The summed E-state index contributed by atoms with van der Waals surface area (Å²) in [5.74, 6) is 2.67. The van der Waals surface area contributed by atoms with Crippen LogP contribution in [0.5, 0.6) is 0 Å². The van der Waals surface area contributed by atoms with Crippen LogP contribution in [0.4, 0.5) is 0 Å². The number of hydrogen-bond donors (Lipinski definition) is 0. The summed E-state index contributed by atoms with van der Waals surface area (Å²) in [4.78, 5) is 24.9. The number of fused-ring (bicyclic) bond motifs is 5. The first-order chi connectivity index (χ1) is 11.2. The predicted octanol–water partition coefficient (Wildman–Crippen LogP) is 5.22. The van der Waals surface area contributed by atoms with E-state index in [-0.39, 0.29) is 16.6 Å². The monoisotopic (exact) mass is 390 g/mol. The van der Waals surface area contributed by atoms with E-state index in [1.54, 1.807) is 0 Å². The van der Waals surface area contributed by atoms with E-state index in [1.165, 1.54) is 5.57 Å². The first-order valence-electron chi connectivity index (χ1n) is 9.36. The summed E-state index contributed by atoms with van der Waals surface area (Å²) < 4.78 is 0.780. The molecule has 0 saturated heterocycles. The molecule has 4 aliphatic rings. The number of rotatable bonds is 0. The highest BCUT2D eigenvalue weighted by molar-refractivity contribution is 9.12. The third-order valence-corrected chi connectivity index (χ3v) is 9.11. The van der Waals surface area contributed by atoms with Gasteiger partial charge < -0.3 is 0 Å². The lowest BCUT2D eigenvalue weighted by Gasteiger charge is -2.59. The van der Waals surface area contributed by atoms with E-state index < -0.39 is 0 Å². The molecule has 2 nitrogen and oxygen atoms in total. The lowest BCUT2D eigenvalue weighted by atomic mass is 9.45. The van der Waals surface area contributed by atoms with E-state index >= 15 is 0 Å². The molecule has 1 unspecified atom stereocenters. The van der Waals surface area contributed by atoms with Gasteiger partial charge in [0.1, 0.15) is 5.78 Å². The van der Waals surface area contributed by atoms with Crippen molar-refractivity contribution in [1.29, 1.82) is 0 Å². The summed E-state index contributed by atoms with van der Waals surface area (Å²) in [6, 6.07) is 0. The Bertz CT molecular complexity index is 690. The second-order valence-corrected chi connectivity index (χ2v) is 9.90. The Balaban J connectivity index is 1.83. The summed E-state index contributed by atoms with van der Waals surface area (Å²) in [6.07, 6.45) is 5.51. The second kappa shape index (κ2) is 5.16. The van der Waals surface area contributed by atoms with Gasteiger partial charge in [0, 0.05) is 23.7 Å². The average molecular weight is 391 g/mol. The minimum absolute atomic E-state index is 0.0136. The van der Waals surface area contributed by atoms with Gasteiger partial charge in [-0.15, -0.1) is 0 Å². The maximum absolute atomic E-state index is 12.5. The summed E-state index contributed by atoms with van der Waals surface area (Å²) in [6.45, 7) is 11.2. The van der Waals surface area contributed by atoms with Crippen LogP contribution >= 0.6 is 15.9 Å². The number of halogens is 1. The highest BCUT2D eigenvalue weighted by atomic mass is 79.9. The molecule has 0 heterocycles. The molecule has 0 spiro atoms. The largest absolute Gasteiger partial charge is 0.299 e. The smallest absolute Gasteiger partial charge is 0.170 e. The van der Waals surface area contributed by atoms with E-state index in [1.807, 2.05) is 0 Å². The molecule has 0 aromatic carbocycles. The van der Waals surface area contributed by atoms with Crippen LogP contribution in [0.2, 0.25) is 0 Å². The van der Waals surface area contributed by atoms with Crippen LogP contribution in [0, 0.1) is 34.5 Å². The summed E-state index contributed by atoms with van der Waals surface area (Å²) in [7, 11) is 0.